The maximum Gasteiger partial charge on any atom is 0.239 e. The van der Waals surface area contributed by atoms with E-state index in [4.69, 9.17) is 5.73 Å². The number of aryl methyl sites for hydroxylation is 2. The number of nitrogens with one attached hydrogen (secondary N) is 1. The number of hydrogen-bond acceptors (Lipinski definition) is 3. The minimum absolute atomic E-state index is 0.138. The van der Waals surface area contributed by atoms with Crippen LogP contribution < -0.4 is 16.0 Å². The Hall–Kier alpha value is -2.66. The zero-order valence-electron chi connectivity index (χ0n) is 15.2. The molecule has 3 rings (SSSR count). The zero-order valence-corrected chi connectivity index (χ0v) is 15.2. The van der Waals surface area contributed by atoms with Crippen molar-refractivity contribution < 1.29 is 9.59 Å². The Morgan fingerprint density at radius 2 is 1.85 bits per heavy atom. The minimum Gasteiger partial charge on any atom is -0.354 e. The molecule has 5 nitrogen and oxygen atoms in total. The summed E-state index contributed by atoms with van der Waals surface area (Å²) in [7, 11) is 0. The number of amides is 2. The van der Waals surface area contributed by atoms with Gasteiger partial charge in [0.25, 0.3) is 0 Å². The number of nitrogens with zero attached hydrogens (tertiary/aromatic N) is 1. The van der Waals surface area contributed by atoms with Crippen molar-refractivity contribution in [2.75, 3.05) is 18.0 Å². The molecule has 3 N–H and O–H groups in total. The van der Waals surface area contributed by atoms with E-state index in [-0.39, 0.29) is 17.9 Å². The maximum absolute atomic E-state index is 12.7. The molecule has 0 aliphatic carbocycles. The first kappa shape index (κ1) is 18.1. The number of hydrogen-bond donors (Lipinski definition) is 2. The van der Waals surface area contributed by atoms with Crippen molar-refractivity contribution >= 4 is 17.5 Å². The second-order valence-corrected chi connectivity index (χ2v) is 6.94. The smallest absolute Gasteiger partial charge is 0.239 e. The van der Waals surface area contributed by atoms with Gasteiger partial charge in [0.2, 0.25) is 11.8 Å². The fourth-order valence-corrected chi connectivity index (χ4v) is 3.44. The van der Waals surface area contributed by atoms with Gasteiger partial charge in [0.05, 0.1) is 0 Å². The van der Waals surface area contributed by atoms with Gasteiger partial charge in [-0.2, -0.15) is 0 Å². The monoisotopic (exact) mass is 351 g/mol. The summed E-state index contributed by atoms with van der Waals surface area (Å²) >= 11 is 0. The Labute approximate surface area is 154 Å². The third-order valence-electron chi connectivity index (χ3n) is 4.76. The topological polar surface area (TPSA) is 75.4 Å². The highest BCUT2D eigenvalue weighted by molar-refractivity contribution is 6.09. The second-order valence-electron chi connectivity index (χ2n) is 6.94. The van der Waals surface area contributed by atoms with Gasteiger partial charge in [-0.05, 0) is 49.1 Å². The minimum atomic E-state index is -0.640. The largest absolute Gasteiger partial charge is 0.354 e. The van der Waals surface area contributed by atoms with E-state index in [0.29, 0.717) is 19.5 Å². The standard InChI is InChI=1S/C21H25N3O2/c1-14-10-15(2)12-17(11-14)24-9-8-18(21(24)26)20(25)23-13-19(22)16-6-4-3-5-7-16/h3-7,10-12,18-19H,8-9,13,22H2,1-2H3,(H,23,25). The van der Waals surface area contributed by atoms with Gasteiger partial charge in [0.1, 0.15) is 5.92 Å². The quantitative estimate of drug-likeness (QED) is 0.813. The van der Waals surface area contributed by atoms with E-state index in [1.165, 1.54) is 0 Å². The van der Waals surface area contributed by atoms with Crippen LogP contribution in [0.25, 0.3) is 0 Å². The molecule has 1 saturated heterocycles. The van der Waals surface area contributed by atoms with E-state index in [1.54, 1.807) is 4.90 Å². The molecule has 5 heteroatoms. The summed E-state index contributed by atoms with van der Waals surface area (Å²) in [4.78, 5) is 26.9. The van der Waals surface area contributed by atoms with E-state index in [1.807, 2.05) is 56.3 Å². The van der Waals surface area contributed by atoms with Gasteiger partial charge < -0.3 is 16.0 Å². The van der Waals surface area contributed by atoms with Crippen LogP contribution in [0.4, 0.5) is 5.69 Å². The molecule has 1 fully saturated rings. The van der Waals surface area contributed by atoms with Crippen LogP contribution in [0.1, 0.15) is 29.2 Å². The second kappa shape index (κ2) is 7.70. The fourth-order valence-electron chi connectivity index (χ4n) is 3.44. The lowest BCUT2D eigenvalue weighted by Crippen LogP contribution is -2.39. The van der Waals surface area contributed by atoms with Crippen LogP contribution in [0.5, 0.6) is 0 Å². The molecular formula is C21H25N3O2. The Kier molecular flexibility index (Phi) is 5.38. The lowest BCUT2D eigenvalue weighted by molar-refractivity contribution is -0.132. The van der Waals surface area contributed by atoms with Gasteiger partial charge in [-0.3, -0.25) is 9.59 Å². The average molecular weight is 351 g/mol. The molecular weight excluding hydrogens is 326 g/mol. The molecule has 26 heavy (non-hydrogen) atoms. The van der Waals surface area contributed by atoms with Crippen LogP contribution in [0, 0.1) is 19.8 Å². The highest BCUT2D eigenvalue weighted by Crippen LogP contribution is 2.27. The molecule has 0 bridgehead atoms. The van der Waals surface area contributed by atoms with Gasteiger partial charge in [-0.25, -0.2) is 0 Å². The number of rotatable bonds is 5. The third kappa shape index (κ3) is 3.94. The third-order valence-corrected chi connectivity index (χ3v) is 4.76. The first-order chi connectivity index (χ1) is 12.5. The lowest BCUT2D eigenvalue weighted by Gasteiger charge is -2.19. The zero-order chi connectivity index (χ0) is 18.7. The molecule has 2 unspecified atom stereocenters. The normalized spacial score (nSPS) is 18.0. The van der Waals surface area contributed by atoms with Crippen LogP contribution in [0.3, 0.4) is 0 Å². The number of carbonyl (C=O) groups is 2. The number of anilines is 1. The number of benzene rings is 2. The van der Waals surface area contributed by atoms with E-state index >= 15 is 0 Å². The summed E-state index contributed by atoms with van der Waals surface area (Å²) in [6.45, 7) is 4.89. The van der Waals surface area contributed by atoms with E-state index in [0.717, 1.165) is 22.4 Å². The molecule has 2 atom stereocenters. The van der Waals surface area contributed by atoms with Crippen LogP contribution in [0.2, 0.25) is 0 Å². The maximum atomic E-state index is 12.7. The Morgan fingerprint density at radius 3 is 2.50 bits per heavy atom. The molecule has 1 aliphatic rings. The molecule has 136 valence electrons. The van der Waals surface area contributed by atoms with Crippen molar-refractivity contribution in [2.24, 2.45) is 11.7 Å². The Bertz CT molecular complexity index is 784. The molecule has 2 amide bonds. The summed E-state index contributed by atoms with van der Waals surface area (Å²) in [5.41, 5.74) is 10.2. The van der Waals surface area contributed by atoms with E-state index < -0.39 is 5.92 Å². The van der Waals surface area contributed by atoms with Crippen molar-refractivity contribution in [1.82, 2.24) is 5.32 Å². The predicted octanol–water partition coefficient (Wildman–Crippen LogP) is 2.47. The van der Waals surface area contributed by atoms with Crippen molar-refractivity contribution in [3.05, 3.63) is 65.2 Å². The van der Waals surface area contributed by atoms with Crippen LogP contribution >= 0.6 is 0 Å². The SMILES string of the molecule is Cc1cc(C)cc(N2CCC(C(=O)NCC(N)c3ccccc3)C2=O)c1. The molecule has 1 heterocycles. The van der Waals surface area contributed by atoms with Gasteiger partial charge in [-0.1, -0.05) is 36.4 Å². The molecule has 0 radical (unpaired) electrons. The Morgan fingerprint density at radius 1 is 1.19 bits per heavy atom. The van der Waals surface area contributed by atoms with Crippen molar-refractivity contribution in [1.29, 1.82) is 0 Å². The van der Waals surface area contributed by atoms with Crippen molar-refractivity contribution in [3.8, 4) is 0 Å². The van der Waals surface area contributed by atoms with Gasteiger partial charge in [0.15, 0.2) is 0 Å². The van der Waals surface area contributed by atoms with Gasteiger partial charge in [-0.15, -0.1) is 0 Å². The molecule has 0 saturated carbocycles. The summed E-state index contributed by atoms with van der Waals surface area (Å²) in [6.07, 6.45) is 0.526. The van der Waals surface area contributed by atoms with E-state index in [2.05, 4.69) is 11.4 Å². The van der Waals surface area contributed by atoms with Gasteiger partial charge >= 0.3 is 0 Å². The van der Waals surface area contributed by atoms with Crippen LogP contribution in [-0.2, 0) is 9.59 Å². The molecule has 1 aliphatic heterocycles. The number of carbonyl (C=O) groups excluding carboxylic acids is 2. The summed E-state index contributed by atoms with van der Waals surface area (Å²) < 4.78 is 0. The average Bonchev–Trinajstić information content (AvgIpc) is 3.01. The summed E-state index contributed by atoms with van der Waals surface area (Å²) in [5, 5.41) is 2.84. The fraction of sp³-hybridized carbons (Fsp3) is 0.333. The first-order valence-electron chi connectivity index (χ1n) is 8.93. The first-order valence-corrected chi connectivity index (χ1v) is 8.93. The highest BCUT2D eigenvalue weighted by atomic mass is 16.2. The lowest BCUT2D eigenvalue weighted by atomic mass is 10.1. The van der Waals surface area contributed by atoms with Gasteiger partial charge in [0, 0.05) is 24.8 Å². The summed E-state index contributed by atoms with van der Waals surface area (Å²) in [6, 6.07) is 15.4. The van der Waals surface area contributed by atoms with Crippen molar-refractivity contribution in [3.63, 3.8) is 0 Å². The highest BCUT2D eigenvalue weighted by Gasteiger charge is 2.37. The van der Waals surface area contributed by atoms with Crippen molar-refractivity contribution in [2.45, 2.75) is 26.3 Å². The molecule has 2 aromatic carbocycles. The molecule has 0 spiro atoms. The number of nitrogens with two attached hydrogens (primary N) is 1. The summed E-state index contributed by atoms with van der Waals surface area (Å²) in [5.74, 6) is -1.02. The Balaban J connectivity index is 1.61. The van der Waals surface area contributed by atoms with Crippen LogP contribution in [0.15, 0.2) is 48.5 Å². The van der Waals surface area contributed by atoms with E-state index in [9.17, 15) is 9.59 Å². The predicted molar refractivity (Wildman–Crippen MR) is 103 cm³/mol. The van der Waals surface area contributed by atoms with Crippen LogP contribution in [-0.4, -0.2) is 24.9 Å². The molecule has 0 aromatic heterocycles. The molecule has 2 aromatic rings.